The van der Waals surface area contributed by atoms with Crippen LogP contribution in [0.5, 0.6) is 0 Å². The van der Waals surface area contributed by atoms with Gasteiger partial charge in [0.1, 0.15) is 6.04 Å². The van der Waals surface area contributed by atoms with Crippen molar-refractivity contribution in [3.05, 3.63) is 52.8 Å². The van der Waals surface area contributed by atoms with Crippen LogP contribution in [0, 0.1) is 0 Å². The lowest BCUT2D eigenvalue weighted by Gasteiger charge is -2.23. The largest absolute Gasteiger partial charge is 0.416 e. The molecule has 1 amide bonds. The van der Waals surface area contributed by atoms with Gasteiger partial charge in [-0.25, -0.2) is 8.42 Å². The van der Waals surface area contributed by atoms with E-state index in [-0.39, 0.29) is 5.56 Å². The van der Waals surface area contributed by atoms with E-state index in [2.05, 4.69) is 10.4 Å². The molecular formula is C16H17F3N4O3S. The normalized spacial score (nSPS) is 17.4. The average molecular weight is 402 g/mol. The van der Waals surface area contributed by atoms with E-state index in [0.29, 0.717) is 18.5 Å². The number of nitrogens with zero attached hydrogens (tertiary/aromatic N) is 2. The molecular weight excluding hydrogens is 385 g/mol. The number of amides is 1. The van der Waals surface area contributed by atoms with Crippen molar-refractivity contribution in [2.24, 2.45) is 7.05 Å². The summed E-state index contributed by atoms with van der Waals surface area (Å²) >= 11 is 0. The highest BCUT2D eigenvalue weighted by Gasteiger charge is 2.32. The number of hydrogen-bond donors (Lipinski definition) is 2. The second-order valence-electron chi connectivity index (χ2n) is 6.23. The standard InChI is InChI=1S/C16H17F3N4O3S/c1-23-13-5-6-20-14(12(13)8-21-23)15(24)22-27(25,26)9-10-3-2-4-11(7-10)16(17,18)19/h2-4,7-8,14,20H,5-6,9H2,1H3,(H,22,24). The number of aryl methyl sites for hydroxylation is 1. The Bertz CT molecular complexity index is 970. The van der Waals surface area contributed by atoms with Crippen LogP contribution in [0.4, 0.5) is 13.2 Å². The van der Waals surface area contributed by atoms with Crippen LogP contribution in [0.3, 0.4) is 0 Å². The Morgan fingerprint density at radius 3 is 2.85 bits per heavy atom. The highest BCUT2D eigenvalue weighted by Crippen LogP contribution is 2.30. The van der Waals surface area contributed by atoms with Gasteiger partial charge in [0, 0.05) is 31.3 Å². The van der Waals surface area contributed by atoms with Crippen LogP contribution in [0.1, 0.15) is 28.4 Å². The summed E-state index contributed by atoms with van der Waals surface area (Å²) in [5.74, 6) is -1.54. The van der Waals surface area contributed by atoms with Crippen molar-refractivity contribution >= 4 is 15.9 Å². The quantitative estimate of drug-likeness (QED) is 0.804. The van der Waals surface area contributed by atoms with Crippen molar-refractivity contribution in [1.29, 1.82) is 0 Å². The predicted octanol–water partition coefficient (Wildman–Crippen LogP) is 1.27. The molecule has 1 aliphatic heterocycles. The van der Waals surface area contributed by atoms with Crippen molar-refractivity contribution in [3.8, 4) is 0 Å². The molecule has 1 aliphatic rings. The van der Waals surface area contributed by atoms with Crippen LogP contribution in [-0.4, -0.2) is 30.7 Å². The minimum atomic E-state index is -4.58. The fourth-order valence-electron chi connectivity index (χ4n) is 3.01. The first-order valence-corrected chi connectivity index (χ1v) is 9.67. The first kappa shape index (κ1) is 19.4. The number of carbonyl (C=O) groups excluding carboxylic acids is 1. The second kappa shape index (κ2) is 6.97. The van der Waals surface area contributed by atoms with E-state index in [0.717, 1.165) is 23.9 Å². The SMILES string of the molecule is Cn1ncc2c1CCNC2C(=O)NS(=O)(=O)Cc1cccc(C(F)(F)F)c1. The van der Waals surface area contributed by atoms with Crippen molar-refractivity contribution in [2.75, 3.05) is 6.54 Å². The van der Waals surface area contributed by atoms with Crippen LogP contribution in [0.15, 0.2) is 30.5 Å². The molecule has 0 bridgehead atoms. The summed E-state index contributed by atoms with van der Waals surface area (Å²) in [5.41, 5.74) is 0.388. The summed E-state index contributed by atoms with van der Waals surface area (Å²) in [7, 11) is -2.45. The van der Waals surface area contributed by atoms with Crippen molar-refractivity contribution in [3.63, 3.8) is 0 Å². The molecule has 2 aromatic rings. The Morgan fingerprint density at radius 2 is 2.15 bits per heavy atom. The molecule has 2 heterocycles. The molecule has 0 saturated heterocycles. The van der Waals surface area contributed by atoms with E-state index < -0.39 is 39.5 Å². The zero-order chi connectivity index (χ0) is 19.8. The van der Waals surface area contributed by atoms with Crippen molar-refractivity contribution in [1.82, 2.24) is 19.8 Å². The second-order valence-corrected chi connectivity index (χ2v) is 7.95. The fraction of sp³-hybridized carbons (Fsp3) is 0.375. The summed E-state index contributed by atoms with van der Waals surface area (Å²) in [4.78, 5) is 12.4. The molecule has 0 saturated carbocycles. The topological polar surface area (TPSA) is 93.1 Å². The number of aromatic nitrogens is 2. The summed E-state index contributed by atoms with van der Waals surface area (Å²) in [6.45, 7) is 0.471. The Kier molecular flexibility index (Phi) is 5.00. The fourth-order valence-corrected chi connectivity index (χ4v) is 4.13. The summed E-state index contributed by atoms with van der Waals surface area (Å²) in [6, 6.07) is 3.10. The molecule has 1 aromatic heterocycles. The van der Waals surface area contributed by atoms with E-state index in [1.807, 2.05) is 4.72 Å². The van der Waals surface area contributed by atoms with Gasteiger partial charge in [0.05, 0.1) is 17.5 Å². The van der Waals surface area contributed by atoms with Crippen LogP contribution < -0.4 is 10.0 Å². The summed E-state index contributed by atoms with van der Waals surface area (Å²) in [6.07, 6.45) is -2.44. The van der Waals surface area contributed by atoms with Gasteiger partial charge in [-0.2, -0.15) is 18.3 Å². The average Bonchev–Trinajstić information content (AvgIpc) is 2.95. The highest BCUT2D eigenvalue weighted by atomic mass is 32.2. The third-order valence-electron chi connectivity index (χ3n) is 4.24. The van der Waals surface area contributed by atoms with Gasteiger partial charge in [0.2, 0.25) is 10.0 Å². The van der Waals surface area contributed by atoms with Crippen LogP contribution in [0.25, 0.3) is 0 Å². The van der Waals surface area contributed by atoms with E-state index >= 15 is 0 Å². The molecule has 11 heteroatoms. The smallest absolute Gasteiger partial charge is 0.302 e. The number of sulfonamides is 1. The number of hydrogen-bond acceptors (Lipinski definition) is 5. The van der Waals surface area contributed by atoms with Crippen LogP contribution in [-0.2, 0) is 40.2 Å². The van der Waals surface area contributed by atoms with Gasteiger partial charge < -0.3 is 5.32 Å². The molecule has 3 rings (SSSR count). The third kappa shape index (κ3) is 4.30. The Balaban J connectivity index is 1.75. The van der Waals surface area contributed by atoms with Gasteiger partial charge in [-0.05, 0) is 11.6 Å². The number of carbonyl (C=O) groups is 1. The third-order valence-corrected chi connectivity index (χ3v) is 5.47. The van der Waals surface area contributed by atoms with E-state index in [4.69, 9.17) is 0 Å². The van der Waals surface area contributed by atoms with Gasteiger partial charge in [-0.15, -0.1) is 0 Å². The molecule has 1 aromatic carbocycles. The molecule has 2 N–H and O–H groups in total. The van der Waals surface area contributed by atoms with E-state index in [9.17, 15) is 26.4 Å². The molecule has 0 fully saturated rings. The number of benzene rings is 1. The Labute approximate surface area is 153 Å². The molecule has 1 atom stereocenters. The van der Waals surface area contributed by atoms with Crippen molar-refractivity contribution < 1.29 is 26.4 Å². The maximum Gasteiger partial charge on any atom is 0.416 e. The number of rotatable bonds is 4. The number of alkyl halides is 3. The summed E-state index contributed by atoms with van der Waals surface area (Å²) < 4.78 is 66.4. The van der Waals surface area contributed by atoms with Gasteiger partial charge in [0.25, 0.3) is 5.91 Å². The van der Waals surface area contributed by atoms with E-state index in [1.165, 1.54) is 12.3 Å². The van der Waals surface area contributed by atoms with Crippen molar-refractivity contribution in [2.45, 2.75) is 24.4 Å². The Morgan fingerprint density at radius 1 is 1.41 bits per heavy atom. The number of fused-ring (bicyclic) bond motifs is 1. The van der Waals surface area contributed by atoms with E-state index in [1.54, 1.807) is 11.7 Å². The molecule has 0 radical (unpaired) electrons. The Hall–Kier alpha value is -2.40. The predicted molar refractivity (Wildman–Crippen MR) is 89.9 cm³/mol. The van der Waals surface area contributed by atoms with Crippen LogP contribution >= 0.6 is 0 Å². The van der Waals surface area contributed by atoms with Crippen LogP contribution in [0.2, 0.25) is 0 Å². The molecule has 0 spiro atoms. The number of nitrogens with one attached hydrogen (secondary N) is 2. The first-order valence-electron chi connectivity index (χ1n) is 8.01. The molecule has 0 aliphatic carbocycles. The van der Waals surface area contributed by atoms with Gasteiger partial charge in [-0.3, -0.25) is 14.2 Å². The lowest BCUT2D eigenvalue weighted by molar-refractivity contribution is -0.137. The zero-order valence-corrected chi connectivity index (χ0v) is 15.1. The molecule has 1 unspecified atom stereocenters. The lowest BCUT2D eigenvalue weighted by Crippen LogP contribution is -2.43. The van der Waals surface area contributed by atoms with Gasteiger partial charge >= 0.3 is 6.18 Å². The highest BCUT2D eigenvalue weighted by molar-refractivity contribution is 7.89. The summed E-state index contributed by atoms with van der Waals surface area (Å²) in [5, 5.41) is 6.99. The lowest BCUT2D eigenvalue weighted by atomic mass is 10.0. The minimum Gasteiger partial charge on any atom is -0.302 e. The van der Waals surface area contributed by atoms with Gasteiger partial charge in [0.15, 0.2) is 0 Å². The maximum absolute atomic E-state index is 12.8. The maximum atomic E-state index is 12.8. The molecule has 146 valence electrons. The zero-order valence-electron chi connectivity index (χ0n) is 14.2. The first-order chi connectivity index (χ1) is 12.6. The number of halogens is 3. The minimum absolute atomic E-state index is 0.0659. The molecule has 7 nitrogen and oxygen atoms in total. The van der Waals surface area contributed by atoms with Gasteiger partial charge in [-0.1, -0.05) is 18.2 Å². The molecule has 27 heavy (non-hydrogen) atoms. The monoisotopic (exact) mass is 402 g/mol.